The summed E-state index contributed by atoms with van der Waals surface area (Å²) in [6.07, 6.45) is 1.28. The molecule has 1 fully saturated rings. The summed E-state index contributed by atoms with van der Waals surface area (Å²) in [5.41, 5.74) is 6.26. The second-order valence-corrected chi connectivity index (χ2v) is 8.55. The van der Waals surface area contributed by atoms with Crippen LogP contribution in [0.4, 0.5) is 0 Å². The minimum Gasteiger partial charge on any atom is -0.457 e. The molecule has 2 aromatic carbocycles. The third-order valence-corrected chi connectivity index (χ3v) is 5.35. The molecular weight excluding hydrogens is 378 g/mol. The molecule has 1 aliphatic rings. The van der Waals surface area contributed by atoms with Crippen molar-refractivity contribution in [2.45, 2.75) is 33.2 Å². The first kappa shape index (κ1) is 21.8. The first-order valence-electron chi connectivity index (χ1n) is 10.5. The quantitative estimate of drug-likeness (QED) is 0.731. The van der Waals surface area contributed by atoms with Gasteiger partial charge in [0, 0.05) is 36.8 Å². The Kier molecular flexibility index (Phi) is 7.11. The van der Waals surface area contributed by atoms with Crippen molar-refractivity contribution in [2.24, 2.45) is 17.6 Å². The van der Waals surface area contributed by atoms with Gasteiger partial charge in [-0.1, -0.05) is 13.8 Å². The number of primary amides is 1. The molecule has 0 spiro atoms. The number of rotatable bonds is 7. The van der Waals surface area contributed by atoms with E-state index in [0.29, 0.717) is 34.5 Å². The maximum atomic E-state index is 12.6. The van der Waals surface area contributed by atoms with Gasteiger partial charge in [-0.25, -0.2) is 0 Å². The number of hydrogen-bond donors (Lipinski definition) is 2. The minimum absolute atomic E-state index is 0.0784. The molecule has 0 aromatic heterocycles. The van der Waals surface area contributed by atoms with E-state index in [1.807, 2.05) is 0 Å². The van der Waals surface area contributed by atoms with E-state index < -0.39 is 5.91 Å². The van der Waals surface area contributed by atoms with Crippen LogP contribution >= 0.6 is 0 Å². The van der Waals surface area contributed by atoms with Gasteiger partial charge < -0.3 is 20.7 Å². The Morgan fingerprint density at radius 1 is 1.00 bits per heavy atom. The Labute approximate surface area is 178 Å². The van der Waals surface area contributed by atoms with E-state index in [1.165, 1.54) is 6.42 Å². The fraction of sp³-hybridized carbons (Fsp3) is 0.417. The lowest BCUT2D eigenvalue weighted by Gasteiger charge is -2.36. The summed E-state index contributed by atoms with van der Waals surface area (Å²) in [6, 6.07) is 13.7. The van der Waals surface area contributed by atoms with Crippen LogP contribution in [0.25, 0.3) is 0 Å². The molecule has 6 nitrogen and oxygen atoms in total. The van der Waals surface area contributed by atoms with Gasteiger partial charge in [0.2, 0.25) is 5.91 Å². The summed E-state index contributed by atoms with van der Waals surface area (Å²) >= 11 is 0. The lowest BCUT2D eigenvalue weighted by atomic mass is 9.92. The number of nitrogens with zero attached hydrogens (tertiary/aromatic N) is 1. The number of carbonyl (C=O) groups excluding carboxylic acids is 2. The van der Waals surface area contributed by atoms with E-state index in [-0.39, 0.29) is 11.9 Å². The molecule has 0 radical (unpaired) electrons. The molecule has 30 heavy (non-hydrogen) atoms. The van der Waals surface area contributed by atoms with Crippen molar-refractivity contribution in [1.82, 2.24) is 10.2 Å². The lowest BCUT2D eigenvalue weighted by Crippen LogP contribution is -2.47. The summed E-state index contributed by atoms with van der Waals surface area (Å²) in [5, 5.41) is 3.09. The van der Waals surface area contributed by atoms with E-state index in [2.05, 4.69) is 31.0 Å². The smallest absolute Gasteiger partial charge is 0.251 e. The normalized spacial score (nSPS) is 20.4. The van der Waals surface area contributed by atoms with Crippen LogP contribution < -0.4 is 15.8 Å². The summed E-state index contributed by atoms with van der Waals surface area (Å²) < 4.78 is 5.76. The van der Waals surface area contributed by atoms with Gasteiger partial charge in [0.25, 0.3) is 5.91 Å². The van der Waals surface area contributed by atoms with Crippen LogP contribution in [0, 0.1) is 11.8 Å². The third kappa shape index (κ3) is 6.07. The number of piperidine rings is 1. The number of ether oxygens (including phenoxy) is 1. The molecule has 2 aromatic rings. The van der Waals surface area contributed by atoms with Crippen LogP contribution in [-0.2, 0) is 0 Å². The van der Waals surface area contributed by atoms with Crippen molar-refractivity contribution in [3.05, 3.63) is 59.7 Å². The lowest BCUT2D eigenvalue weighted by molar-refractivity contribution is 0.0904. The molecule has 3 N–H and O–H groups in total. The average molecular weight is 410 g/mol. The van der Waals surface area contributed by atoms with E-state index in [0.717, 1.165) is 19.6 Å². The molecule has 0 bridgehead atoms. The second-order valence-electron chi connectivity index (χ2n) is 8.55. The van der Waals surface area contributed by atoms with E-state index in [4.69, 9.17) is 10.5 Å². The second kappa shape index (κ2) is 9.76. The van der Waals surface area contributed by atoms with Crippen LogP contribution in [0.3, 0.4) is 0 Å². The van der Waals surface area contributed by atoms with Gasteiger partial charge >= 0.3 is 0 Å². The van der Waals surface area contributed by atoms with Gasteiger partial charge in [-0.15, -0.1) is 0 Å². The highest BCUT2D eigenvalue weighted by atomic mass is 16.5. The predicted octanol–water partition coefficient (Wildman–Crippen LogP) is 3.67. The summed E-state index contributed by atoms with van der Waals surface area (Å²) in [5.74, 6) is 2.05. The highest BCUT2D eigenvalue weighted by Crippen LogP contribution is 2.23. The molecule has 2 amide bonds. The first-order chi connectivity index (χ1) is 14.3. The van der Waals surface area contributed by atoms with Crippen molar-refractivity contribution in [3.8, 4) is 11.5 Å². The Balaban J connectivity index is 1.52. The Morgan fingerprint density at radius 2 is 1.50 bits per heavy atom. The Bertz CT molecular complexity index is 854. The van der Waals surface area contributed by atoms with Gasteiger partial charge in [0.05, 0.1) is 0 Å². The summed E-state index contributed by atoms with van der Waals surface area (Å²) in [7, 11) is 0. The first-order valence-corrected chi connectivity index (χ1v) is 10.5. The third-order valence-electron chi connectivity index (χ3n) is 5.35. The fourth-order valence-electron chi connectivity index (χ4n) is 4.18. The van der Waals surface area contributed by atoms with Crippen LogP contribution in [0.15, 0.2) is 48.5 Å². The number of likely N-dealkylation sites (tertiary alicyclic amines) is 1. The molecule has 3 atom stereocenters. The average Bonchev–Trinajstić information content (AvgIpc) is 2.68. The van der Waals surface area contributed by atoms with Crippen LogP contribution in [0.1, 0.15) is 47.9 Å². The monoisotopic (exact) mass is 409 g/mol. The zero-order valence-electron chi connectivity index (χ0n) is 17.9. The highest BCUT2D eigenvalue weighted by molar-refractivity contribution is 5.94. The maximum absolute atomic E-state index is 12.6. The number of benzene rings is 2. The molecule has 3 unspecified atom stereocenters. The SMILES string of the molecule is CC1CC(C)CN(CC(C)NC(=O)c2ccc(Oc3ccc(C(N)=O)cc3)cc2)C1. The van der Waals surface area contributed by atoms with Crippen LogP contribution in [-0.4, -0.2) is 42.4 Å². The number of amides is 2. The number of nitrogens with two attached hydrogens (primary N) is 1. The number of hydrogen-bond acceptors (Lipinski definition) is 4. The van der Waals surface area contributed by atoms with Gasteiger partial charge in [-0.2, -0.15) is 0 Å². The van der Waals surface area contributed by atoms with Crippen molar-refractivity contribution in [2.75, 3.05) is 19.6 Å². The Morgan fingerprint density at radius 3 is 2.00 bits per heavy atom. The molecule has 0 aliphatic carbocycles. The molecule has 160 valence electrons. The number of carbonyl (C=O) groups is 2. The van der Waals surface area contributed by atoms with Gasteiger partial charge in [0.1, 0.15) is 11.5 Å². The Hall–Kier alpha value is -2.86. The zero-order valence-corrected chi connectivity index (χ0v) is 17.9. The molecular formula is C24H31N3O3. The van der Waals surface area contributed by atoms with Crippen molar-refractivity contribution in [1.29, 1.82) is 0 Å². The largest absolute Gasteiger partial charge is 0.457 e. The molecule has 3 rings (SSSR count). The van der Waals surface area contributed by atoms with E-state index in [9.17, 15) is 9.59 Å². The summed E-state index contributed by atoms with van der Waals surface area (Å²) in [4.78, 5) is 26.2. The number of nitrogens with one attached hydrogen (secondary N) is 1. The molecule has 1 heterocycles. The fourth-order valence-corrected chi connectivity index (χ4v) is 4.18. The molecule has 1 saturated heterocycles. The van der Waals surface area contributed by atoms with E-state index >= 15 is 0 Å². The molecule has 0 saturated carbocycles. The van der Waals surface area contributed by atoms with Crippen molar-refractivity contribution < 1.29 is 14.3 Å². The maximum Gasteiger partial charge on any atom is 0.251 e. The zero-order chi connectivity index (χ0) is 21.7. The topological polar surface area (TPSA) is 84.7 Å². The van der Waals surface area contributed by atoms with Crippen molar-refractivity contribution in [3.63, 3.8) is 0 Å². The van der Waals surface area contributed by atoms with Gasteiger partial charge in [0.15, 0.2) is 0 Å². The summed E-state index contributed by atoms with van der Waals surface area (Å²) in [6.45, 7) is 9.69. The van der Waals surface area contributed by atoms with Crippen molar-refractivity contribution >= 4 is 11.8 Å². The van der Waals surface area contributed by atoms with Crippen LogP contribution in [0.5, 0.6) is 11.5 Å². The van der Waals surface area contributed by atoms with Gasteiger partial charge in [-0.05, 0) is 73.7 Å². The van der Waals surface area contributed by atoms with Gasteiger partial charge in [-0.3, -0.25) is 9.59 Å². The minimum atomic E-state index is -0.476. The highest BCUT2D eigenvalue weighted by Gasteiger charge is 2.23. The van der Waals surface area contributed by atoms with Crippen LogP contribution in [0.2, 0.25) is 0 Å². The predicted molar refractivity (Wildman–Crippen MR) is 118 cm³/mol. The molecule has 6 heteroatoms. The molecule has 1 aliphatic heterocycles. The van der Waals surface area contributed by atoms with E-state index in [1.54, 1.807) is 48.5 Å². The standard InChI is InChI=1S/C24H31N3O3/c1-16-12-17(2)14-27(13-16)15-18(3)26-24(29)20-6-10-22(11-7-20)30-21-8-4-19(5-9-21)23(25)28/h4-11,16-18H,12-15H2,1-3H3,(H2,25,28)(H,26,29).